The first-order valence-electron chi connectivity index (χ1n) is 10.5. The molecule has 0 fully saturated rings. The van der Waals surface area contributed by atoms with Gasteiger partial charge in [0.25, 0.3) is 5.91 Å². The minimum absolute atomic E-state index is 0.110. The van der Waals surface area contributed by atoms with E-state index in [1.165, 1.54) is 4.90 Å². The summed E-state index contributed by atoms with van der Waals surface area (Å²) in [6.45, 7) is 0.685. The standard InChI is InChI=1S/C24H30BN3O3/c1-28(2)24(29)22(18-26)16-21-13-8-12-19(15-21)11-6-7-14-27-23(25(30)31)17-20-9-4-3-5-10-20/h3-5,8-10,12-13,15-16,23,27,30-31H,6-7,11,14,17H2,1-2H3/t23-/m0/s1. The van der Waals surface area contributed by atoms with Crippen LogP contribution in [-0.4, -0.2) is 54.6 Å². The number of amides is 1. The van der Waals surface area contributed by atoms with Crippen molar-refractivity contribution in [2.75, 3.05) is 20.6 Å². The molecule has 1 amide bonds. The van der Waals surface area contributed by atoms with E-state index in [1.54, 1.807) is 20.2 Å². The predicted molar refractivity (Wildman–Crippen MR) is 124 cm³/mol. The van der Waals surface area contributed by atoms with Crippen LogP contribution < -0.4 is 5.32 Å². The van der Waals surface area contributed by atoms with Crippen LogP contribution in [-0.2, 0) is 17.6 Å². The molecule has 0 saturated heterocycles. The highest BCUT2D eigenvalue weighted by Gasteiger charge is 2.22. The van der Waals surface area contributed by atoms with Crippen LogP contribution in [0.15, 0.2) is 60.2 Å². The molecule has 0 aromatic heterocycles. The Morgan fingerprint density at radius 1 is 1.13 bits per heavy atom. The lowest BCUT2D eigenvalue weighted by atomic mass is 9.76. The average molecular weight is 419 g/mol. The highest BCUT2D eigenvalue weighted by atomic mass is 16.4. The summed E-state index contributed by atoms with van der Waals surface area (Å²) in [7, 11) is 1.83. The molecule has 0 bridgehead atoms. The number of aryl methyl sites for hydroxylation is 1. The van der Waals surface area contributed by atoms with Crippen LogP contribution in [0.2, 0.25) is 0 Å². The van der Waals surface area contributed by atoms with Gasteiger partial charge in [0.15, 0.2) is 0 Å². The Balaban J connectivity index is 1.84. The normalized spacial score (nSPS) is 12.2. The lowest BCUT2D eigenvalue weighted by molar-refractivity contribution is -0.124. The van der Waals surface area contributed by atoms with Crippen LogP contribution in [0.4, 0.5) is 0 Å². The Morgan fingerprint density at radius 3 is 2.48 bits per heavy atom. The van der Waals surface area contributed by atoms with Gasteiger partial charge in [-0.25, -0.2) is 0 Å². The highest BCUT2D eigenvalue weighted by Crippen LogP contribution is 2.13. The fourth-order valence-electron chi connectivity index (χ4n) is 3.28. The van der Waals surface area contributed by atoms with E-state index >= 15 is 0 Å². The lowest BCUT2D eigenvalue weighted by Gasteiger charge is -2.18. The van der Waals surface area contributed by atoms with Crippen molar-refractivity contribution in [2.24, 2.45) is 0 Å². The Morgan fingerprint density at radius 2 is 1.84 bits per heavy atom. The molecule has 2 rings (SSSR count). The van der Waals surface area contributed by atoms with Gasteiger partial charge in [0.05, 0.1) is 0 Å². The molecule has 162 valence electrons. The summed E-state index contributed by atoms with van der Waals surface area (Å²) in [5.41, 5.74) is 3.13. The summed E-state index contributed by atoms with van der Waals surface area (Å²) in [6, 6.07) is 19.6. The molecule has 0 saturated carbocycles. The molecule has 0 spiro atoms. The van der Waals surface area contributed by atoms with Crippen LogP contribution in [0.3, 0.4) is 0 Å². The topological polar surface area (TPSA) is 96.6 Å². The molecule has 1 atom stereocenters. The number of carbonyl (C=O) groups excluding carboxylic acids is 1. The number of benzene rings is 2. The lowest BCUT2D eigenvalue weighted by Crippen LogP contribution is -2.45. The molecular weight excluding hydrogens is 389 g/mol. The highest BCUT2D eigenvalue weighted by molar-refractivity contribution is 6.43. The summed E-state index contributed by atoms with van der Waals surface area (Å²) < 4.78 is 0. The van der Waals surface area contributed by atoms with Gasteiger partial charge in [-0.3, -0.25) is 4.79 Å². The van der Waals surface area contributed by atoms with E-state index in [-0.39, 0.29) is 11.5 Å². The number of nitriles is 1. The van der Waals surface area contributed by atoms with Crippen molar-refractivity contribution < 1.29 is 14.8 Å². The minimum Gasteiger partial charge on any atom is -0.426 e. The molecular formula is C24H30BN3O3. The van der Waals surface area contributed by atoms with Crippen molar-refractivity contribution in [3.63, 3.8) is 0 Å². The van der Waals surface area contributed by atoms with E-state index in [1.807, 2.05) is 60.7 Å². The second-order valence-corrected chi connectivity index (χ2v) is 7.74. The summed E-state index contributed by atoms with van der Waals surface area (Å²) in [5, 5.41) is 31.8. The van der Waals surface area contributed by atoms with E-state index in [9.17, 15) is 20.1 Å². The third-order valence-corrected chi connectivity index (χ3v) is 4.98. The van der Waals surface area contributed by atoms with E-state index in [0.717, 1.165) is 36.0 Å². The number of carbonyl (C=O) groups is 1. The van der Waals surface area contributed by atoms with Gasteiger partial charge in [-0.15, -0.1) is 0 Å². The Kier molecular flexibility index (Phi) is 9.98. The summed E-state index contributed by atoms with van der Waals surface area (Å²) in [6.07, 6.45) is 4.85. The van der Waals surface area contributed by atoms with Gasteiger partial charge in [-0.2, -0.15) is 5.26 Å². The van der Waals surface area contributed by atoms with E-state index < -0.39 is 13.1 Å². The maximum absolute atomic E-state index is 12.0. The Bertz CT molecular complexity index is 908. The Hall–Kier alpha value is -2.92. The summed E-state index contributed by atoms with van der Waals surface area (Å²) in [5.74, 6) is -0.718. The van der Waals surface area contributed by atoms with E-state index in [4.69, 9.17) is 0 Å². The summed E-state index contributed by atoms with van der Waals surface area (Å²) in [4.78, 5) is 13.4. The van der Waals surface area contributed by atoms with Crippen molar-refractivity contribution in [2.45, 2.75) is 31.6 Å². The average Bonchev–Trinajstić information content (AvgIpc) is 2.76. The largest absolute Gasteiger partial charge is 0.469 e. The first-order valence-corrected chi connectivity index (χ1v) is 10.5. The van der Waals surface area contributed by atoms with Crippen LogP contribution in [0.1, 0.15) is 29.5 Å². The fraction of sp³-hybridized carbons (Fsp3) is 0.333. The zero-order valence-corrected chi connectivity index (χ0v) is 18.2. The number of nitrogens with one attached hydrogen (secondary N) is 1. The Labute approximate surface area is 185 Å². The van der Waals surface area contributed by atoms with Crippen molar-refractivity contribution in [3.8, 4) is 6.07 Å². The maximum Gasteiger partial charge on any atom is 0.469 e. The second-order valence-electron chi connectivity index (χ2n) is 7.74. The molecule has 0 radical (unpaired) electrons. The SMILES string of the molecule is CN(C)C(=O)C(C#N)=Cc1cccc(CCCCN[C@@H](Cc2ccccc2)B(O)O)c1. The van der Waals surface area contributed by atoms with Gasteiger partial charge >= 0.3 is 7.12 Å². The van der Waals surface area contributed by atoms with Crippen LogP contribution >= 0.6 is 0 Å². The third kappa shape index (κ3) is 8.38. The first-order chi connectivity index (χ1) is 14.9. The first kappa shape index (κ1) is 24.4. The number of likely N-dealkylation sites (N-methyl/N-ethyl adjacent to an activating group) is 1. The maximum atomic E-state index is 12.0. The number of hydrogen-bond acceptors (Lipinski definition) is 5. The molecule has 0 aliphatic rings. The van der Waals surface area contributed by atoms with Crippen molar-refractivity contribution in [3.05, 3.63) is 76.9 Å². The number of unbranched alkanes of at least 4 members (excludes halogenated alkanes) is 1. The smallest absolute Gasteiger partial charge is 0.426 e. The van der Waals surface area contributed by atoms with Crippen molar-refractivity contribution in [1.82, 2.24) is 10.2 Å². The molecule has 0 heterocycles. The van der Waals surface area contributed by atoms with Gasteiger partial charge in [-0.1, -0.05) is 54.6 Å². The molecule has 31 heavy (non-hydrogen) atoms. The van der Waals surface area contributed by atoms with Crippen LogP contribution in [0.25, 0.3) is 6.08 Å². The molecule has 3 N–H and O–H groups in total. The molecule has 0 aliphatic carbocycles. The number of rotatable bonds is 11. The van der Waals surface area contributed by atoms with Crippen LogP contribution in [0, 0.1) is 11.3 Å². The zero-order valence-electron chi connectivity index (χ0n) is 18.2. The molecule has 2 aromatic rings. The predicted octanol–water partition coefficient (Wildman–Crippen LogP) is 2.22. The fourth-order valence-corrected chi connectivity index (χ4v) is 3.28. The van der Waals surface area contributed by atoms with Crippen molar-refractivity contribution in [1.29, 1.82) is 5.26 Å². The molecule has 2 aromatic carbocycles. The summed E-state index contributed by atoms with van der Waals surface area (Å²) >= 11 is 0. The molecule has 0 aliphatic heterocycles. The molecule has 7 heteroatoms. The molecule has 0 unspecified atom stereocenters. The van der Waals surface area contributed by atoms with Gasteiger partial charge in [0, 0.05) is 20.0 Å². The van der Waals surface area contributed by atoms with Gasteiger partial charge in [-0.05, 0) is 55.0 Å². The zero-order chi connectivity index (χ0) is 22.6. The van der Waals surface area contributed by atoms with E-state index in [2.05, 4.69) is 5.32 Å². The van der Waals surface area contributed by atoms with Crippen molar-refractivity contribution >= 4 is 19.1 Å². The quantitative estimate of drug-likeness (QED) is 0.225. The van der Waals surface area contributed by atoms with Gasteiger partial charge in [0.2, 0.25) is 0 Å². The monoisotopic (exact) mass is 419 g/mol. The van der Waals surface area contributed by atoms with Gasteiger partial charge < -0.3 is 20.3 Å². The number of hydrogen-bond donors (Lipinski definition) is 3. The van der Waals surface area contributed by atoms with E-state index in [0.29, 0.717) is 13.0 Å². The van der Waals surface area contributed by atoms with Gasteiger partial charge in [0.1, 0.15) is 11.6 Å². The number of nitrogens with zero attached hydrogens (tertiary/aromatic N) is 2. The second kappa shape index (κ2) is 12.7. The minimum atomic E-state index is -1.41. The third-order valence-electron chi connectivity index (χ3n) is 4.98. The molecule has 6 nitrogen and oxygen atoms in total. The van der Waals surface area contributed by atoms with Crippen LogP contribution in [0.5, 0.6) is 0 Å².